The lowest BCUT2D eigenvalue weighted by atomic mass is 10.0. The van der Waals surface area contributed by atoms with E-state index in [0.29, 0.717) is 11.4 Å². The van der Waals surface area contributed by atoms with E-state index in [0.717, 1.165) is 11.1 Å². The zero-order valence-corrected chi connectivity index (χ0v) is 11.8. The van der Waals surface area contributed by atoms with E-state index in [1.54, 1.807) is 7.11 Å². The molecule has 0 unspecified atom stereocenters. The molecule has 0 saturated carbocycles. The molecular formula is C14H22N2O2. The van der Waals surface area contributed by atoms with Crippen LogP contribution in [0.25, 0.3) is 0 Å². The number of hydrogen-bond acceptors (Lipinski definition) is 3. The molecule has 0 aromatic heterocycles. The summed E-state index contributed by atoms with van der Waals surface area (Å²) in [6, 6.07) is 3.76. The molecule has 4 nitrogen and oxygen atoms in total. The Morgan fingerprint density at radius 2 is 1.89 bits per heavy atom. The van der Waals surface area contributed by atoms with Crippen molar-refractivity contribution in [1.82, 2.24) is 0 Å². The number of carbonyl (C=O) groups is 1. The molecule has 1 aromatic rings. The van der Waals surface area contributed by atoms with E-state index in [1.165, 1.54) is 0 Å². The molecule has 1 amide bonds. The number of rotatable bonds is 4. The van der Waals surface area contributed by atoms with Crippen LogP contribution in [-0.2, 0) is 9.53 Å². The number of ether oxygens (including phenoxy) is 1. The van der Waals surface area contributed by atoms with Crippen molar-refractivity contribution >= 4 is 17.3 Å². The van der Waals surface area contributed by atoms with Gasteiger partial charge in [-0.2, -0.15) is 0 Å². The Hall–Kier alpha value is -1.55. The number of methoxy groups -OCH3 is 1. The first kappa shape index (κ1) is 14.5. The van der Waals surface area contributed by atoms with E-state index in [-0.39, 0.29) is 12.3 Å². The molecule has 0 fully saturated rings. The molecule has 0 radical (unpaired) electrons. The van der Waals surface area contributed by atoms with Gasteiger partial charge in [-0.1, -0.05) is 0 Å². The number of anilines is 2. The number of carbonyl (C=O) groups excluding carboxylic acids is 1. The lowest BCUT2D eigenvalue weighted by Gasteiger charge is -2.22. The fraction of sp³-hybridized carbons (Fsp3) is 0.500. The predicted molar refractivity (Wildman–Crippen MR) is 74.7 cm³/mol. The van der Waals surface area contributed by atoms with Gasteiger partial charge in [0.2, 0.25) is 5.91 Å². The molecule has 0 aliphatic carbocycles. The second kappa shape index (κ2) is 5.40. The molecular weight excluding hydrogens is 228 g/mol. The van der Waals surface area contributed by atoms with Crippen LogP contribution in [0.3, 0.4) is 0 Å². The SMILES string of the molecule is COC(C)(C)CC(=O)Nc1cc(C)c(C)cc1N. The van der Waals surface area contributed by atoms with Crippen LogP contribution in [0, 0.1) is 13.8 Å². The van der Waals surface area contributed by atoms with Crippen molar-refractivity contribution in [3.63, 3.8) is 0 Å². The van der Waals surface area contributed by atoms with Crippen LogP contribution < -0.4 is 11.1 Å². The van der Waals surface area contributed by atoms with Crippen molar-refractivity contribution in [1.29, 1.82) is 0 Å². The molecule has 0 spiro atoms. The van der Waals surface area contributed by atoms with Crippen molar-refractivity contribution in [2.45, 2.75) is 39.7 Å². The van der Waals surface area contributed by atoms with E-state index < -0.39 is 5.60 Å². The number of aryl methyl sites for hydroxylation is 2. The van der Waals surface area contributed by atoms with Gasteiger partial charge in [-0.05, 0) is 51.0 Å². The van der Waals surface area contributed by atoms with Gasteiger partial charge in [-0.3, -0.25) is 4.79 Å². The topological polar surface area (TPSA) is 64.3 Å². The van der Waals surface area contributed by atoms with Crippen LogP contribution in [0.15, 0.2) is 12.1 Å². The average Bonchev–Trinajstić information content (AvgIpc) is 2.25. The van der Waals surface area contributed by atoms with Gasteiger partial charge in [0.1, 0.15) is 0 Å². The van der Waals surface area contributed by atoms with Crippen LogP contribution in [0.2, 0.25) is 0 Å². The van der Waals surface area contributed by atoms with Gasteiger partial charge in [0.25, 0.3) is 0 Å². The monoisotopic (exact) mass is 250 g/mol. The quantitative estimate of drug-likeness (QED) is 0.807. The maximum atomic E-state index is 11.9. The molecule has 1 aromatic carbocycles. The predicted octanol–water partition coefficient (Wildman–Crippen LogP) is 2.64. The fourth-order valence-electron chi connectivity index (χ4n) is 1.60. The van der Waals surface area contributed by atoms with E-state index in [4.69, 9.17) is 10.5 Å². The summed E-state index contributed by atoms with van der Waals surface area (Å²) < 4.78 is 5.23. The third kappa shape index (κ3) is 3.74. The van der Waals surface area contributed by atoms with E-state index in [9.17, 15) is 4.79 Å². The Bertz CT molecular complexity index is 453. The average molecular weight is 250 g/mol. The minimum absolute atomic E-state index is 0.100. The Morgan fingerprint density at radius 1 is 1.33 bits per heavy atom. The van der Waals surface area contributed by atoms with Crippen LogP contribution in [-0.4, -0.2) is 18.6 Å². The number of hydrogen-bond donors (Lipinski definition) is 2. The molecule has 0 aliphatic heterocycles. The molecule has 0 saturated heterocycles. The van der Waals surface area contributed by atoms with Gasteiger partial charge in [0, 0.05) is 7.11 Å². The van der Waals surface area contributed by atoms with Crippen molar-refractivity contribution in [3.05, 3.63) is 23.3 Å². The Kier molecular flexibility index (Phi) is 4.35. The van der Waals surface area contributed by atoms with Crippen LogP contribution in [0.5, 0.6) is 0 Å². The number of benzene rings is 1. The Morgan fingerprint density at radius 3 is 2.44 bits per heavy atom. The largest absolute Gasteiger partial charge is 0.397 e. The molecule has 0 heterocycles. The highest BCUT2D eigenvalue weighted by Crippen LogP contribution is 2.24. The number of amides is 1. The van der Waals surface area contributed by atoms with Gasteiger partial charge in [-0.15, -0.1) is 0 Å². The minimum atomic E-state index is -0.474. The first-order valence-corrected chi connectivity index (χ1v) is 5.97. The zero-order valence-electron chi connectivity index (χ0n) is 11.8. The van der Waals surface area contributed by atoms with Crippen LogP contribution >= 0.6 is 0 Å². The molecule has 0 aliphatic rings. The molecule has 0 bridgehead atoms. The standard InChI is InChI=1S/C14H22N2O2/c1-9-6-11(15)12(7-10(9)2)16-13(17)8-14(3,4)18-5/h6-7H,8,15H2,1-5H3,(H,16,17). The third-order valence-corrected chi connectivity index (χ3v) is 3.08. The maximum absolute atomic E-state index is 11.9. The van der Waals surface area contributed by atoms with E-state index in [2.05, 4.69) is 5.32 Å². The van der Waals surface area contributed by atoms with Crippen LogP contribution in [0.4, 0.5) is 11.4 Å². The molecule has 4 heteroatoms. The number of nitrogens with one attached hydrogen (secondary N) is 1. The summed E-state index contributed by atoms with van der Waals surface area (Å²) in [6.45, 7) is 7.72. The lowest BCUT2D eigenvalue weighted by Crippen LogP contribution is -2.29. The van der Waals surface area contributed by atoms with Gasteiger partial charge in [0.15, 0.2) is 0 Å². The molecule has 1 rings (SSSR count). The summed E-state index contributed by atoms with van der Waals surface area (Å²) in [5, 5.41) is 2.82. The molecule has 3 N–H and O–H groups in total. The van der Waals surface area contributed by atoms with Crippen LogP contribution in [0.1, 0.15) is 31.4 Å². The fourth-order valence-corrected chi connectivity index (χ4v) is 1.60. The summed E-state index contributed by atoms with van der Waals surface area (Å²) in [4.78, 5) is 11.9. The van der Waals surface area contributed by atoms with E-state index >= 15 is 0 Å². The van der Waals surface area contributed by atoms with Gasteiger partial charge >= 0.3 is 0 Å². The van der Waals surface area contributed by atoms with Crippen molar-refractivity contribution in [3.8, 4) is 0 Å². The Balaban J connectivity index is 2.80. The first-order valence-electron chi connectivity index (χ1n) is 5.97. The summed E-state index contributed by atoms with van der Waals surface area (Å²) in [6.07, 6.45) is 0.288. The number of nitrogen functional groups attached to an aromatic ring is 1. The van der Waals surface area contributed by atoms with Gasteiger partial charge in [0.05, 0.1) is 23.4 Å². The molecule has 18 heavy (non-hydrogen) atoms. The first-order chi connectivity index (χ1) is 8.25. The minimum Gasteiger partial charge on any atom is -0.397 e. The third-order valence-electron chi connectivity index (χ3n) is 3.08. The smallest absolute Gasteiger partial charge is 0.227 e. The summed E-state index contributed by atoms with van der Waals surface area (Å²) in [5.74, 6) is -0.100. The van der Waals surface area contributed by atoms with E-state index in [1.807, 2.05) is 39.8 Å². The highest BCUT2D eigenvalue weighted by Gasteiger charge is 2.21. The molecule has 0 atom stereocenters. The highest BCUT2D eigenvalue weighted by atomic mass is 16.5. The van der Waals surface area contributed by atoms with Gasteiger partial charge in [-0.25, -0.2) is 0 Å². The highest BCUT2D eigenvalue weighted by molar-refractivity contribution is 5.94. The van der Waals surface area contributed by atoms with Gasteiger partial charge < -0.3 is 15.8 Å². The number of nitrogens with two attached hydrogens (primary N) is 1. The zero-order chi connectivity index (χ0) is 13.9. The summed E-state index contributed by atoms with van der Waals surface area (Å²) in [7, 11) is 1.59. The lowest BCUT2D eigenvalue weighted by molar-refractivity contribution is -0.121. The normalized spacial score (nSPS) is 11.4. The Labute approximate surface area is 109 Å². The summed E-state index contributed by atoms with van der Waals surface area (Å²) >= 11 is 0. The van der Waals surface area contributed by atoms with Crippen molar-refractivity contribution < 1.29 is 9.53 Å². The summed E-state index contributed by atoms with van der Waals surface area (Å²) in [5.41, 5.74) is 8.88. The molecule has 100 valence electrons. The van der Waals surface area contributed by atoms with Crippen molar-refractivity contribution in [2.24, 2.45) is 0 Å². The second-order valence-corrected chi connectivity index (χ2v) is 5.21. The maximum Gasteiger partial charge on any atom is 0.227 e. The van der Waals surface area contributed by atoms with Crippen molar-refractivity contribution in [2.75, 3.05) is 18.2 Å². The second-order valence-electron chi connectivity index (χ2n) is 5.21.